The van der Waals surface area contributed by atoms with E-state index in [1.165, 1.54) is 17.3 Å². The Hall–Kier alpha value is -2.13. The number of carbonyl (C=O) groups is 1. The lowest BCUT2D eigenvalue weighted by Gasteiger charge is -2.23. The highest BCUT2D eigenvalue weighted by atomic mass is 16.6. The molecule has 1 N–H and O–H groups in total. The van der Waals surface area contributed by atoms with Crippen LogP contribution in [0.4, 0.5) is 10.6 Å². The molecule has 0 aliphatic carbocycles. The molecule has 0 aliphatic rings. The SMILES string of the molecule is CN(C(=O)OC(C)(C)C)c1cnc(C#CCO)cn1. The molecule has 1 heterocycles. The number of aromatic nitrogens is 2. The maximum atomic E-state index is 11.8. The number of hydrogen-bond donors (Lipinski definition) is 1. The van der Waals surface area contributed by atoms with Gasteiger partial charge in [0.2, 0.25) is 0 Å². The van der Waals surface area contributed by atoms with Gasteiger partial charge in [0.15, 0.2) is 5.82 Å². The number of ether oxygens (including phenoxy) is 1. The second-order valence-electron chi connectivity index (χ2n) is 4.76. The van der Waals surface area contributed by atoms with E-state index in [0.717, 1.165) is 0 Å². The first-order chi connectivity index (χ1) is 8.83. The first-order valence-corrected chi connectivity index (χ1v) is 5.72. The molecule has 0 aromatic carbocycles. The lowest BCUT2D eigenvalue weighted by atomic mass is 10.2. The van der Waals surface area contributed by atoms with Gasteiger partial charge in [-0.15, -0.1) is 0 Å². The molecule has 19 heavy (non-hydrogen) atoms. The van der Waals surface area contributed by atoms with Crippen molar-refractivity contribution >= 4 is 11.9 Å². The highest BCUT2D eigenvalue weighted by molar-refractivity contribution is 5.85. The van der Waals surface area contributed by atoms with Gasteiger partial charge in [0, 0.05) is 7.05 Å². The van der Waals surface area contributed by atoms with Crippen LogP contribution in [0.3, 0.4) is 0 Å². The summed E-state index contributed by atoms with van der Waals surface area (Å²) in [6.07, 6.45) is 2.35. The summed E-state index contributed by atoms with van der Waals surface area (Å²) in [5.41, 5.74) is -0.138. The number of aliphatic hydroxyl groups is 1. The molecule has 1 rings (SSSR count). The average Bonchev–Trinajstić information content (AvgIpc) is 2.34. The van der Waals surface area contributed by atoms with Crippen molar-refractivity contribution in [1.82, 2.24) is 9.97 Å². The van der Waals surface area contributed by atoms with Crippen molar-refractivity contribution in [1.29, 1.82) is 0 Å². The third-order valence-corrected chi connectivity index (χ3v) is 1.94. The first kappa shape index (κ1) is 14.9. The van der Waals surface area contributed by atoms with Gasteiger partial charge in [-0.25, -0.2) is 14.8 Å². The van der Waals surface area contributed by atoms with Crippen LogP contribution in [0, 0.1) is 11.8 Å². The smallest absolute Gasteiger partial charge is 0.415 e. The summed E-state index contributed by atoms with van der Waals surface area (Å²) in [5.74, 6) is 5.45. The molecule has 0 saturated heterocycles. The van der Waals surface area contributed by atoms with E-state index in [-0.39, 0.29) is 6.61 Å². The number of amides is 1. The number of nitrogens with zero attached hydrogens (tertiary/aromatic N) is 3. The van der Waals surface area contributed by atoms with Crippen molar-refractivity contribution in [3.63, 3.8) is 0 Å². The number of rotatable bonds is 1. The zero-order valence-corrected chi connectivity index (χ0v) is 11.5. The molecule has 0 unspecified atom stereocenters. The predicted molar refractivity (Wildman–Crippen MR) is 70.6 cm³/mol. The molecular formula is C13H17N3O3. The van der Waals surface area contributed by atoms with E-state index in [0.29, 0.717) is 11.5 Å². The quantitative estimate of drug-likeness (QED) is 0.770. The Bertz CT molecular complexity index is 495. The van der Waals surface area contributed by atoms with Gasteiger partial charge in [-0.2, -0.15) is 0 Å². The molecule has 1 amide bonds. The van der Waals surface area contributed by atoms with Crippen LogP contribution in [-0.2, 0) is 4.74 Å². The highest BCUT2D eigenvalue weighted by Gasteiger charge is 2.21. The van der Waals surface area contributed by atoms with Gasteiger partial charge in [-0.1, -0.05) is 5.92 Å². The Morgan fingerprint density at radius 1 is 1.42 bits per heavy atom. The zero-order valence-electron chi connectivity index (χ0n) is 11.5. The third-order valence-electron chi connectivity index (χ3n) is 1.94. The van der Waals surface area contributed by atoms with E-state index in [9.17, 15) is 4.79 Å². The van der Waals surface area contributed by atoms with E-state index in [1.807, 2.05) is 0 Å². The zero-order chi connectivity index (χ0) is 14.5. The van der Waals surface area contributed by atoms with Gasteiger partial charge in [0.1, 0.15) is 17.9 Å². The van der Waals surface area contributed by atoms with Crippen LogP contribution in [0.25, 0.3) is 0 Å². The summed E-state index contributed by atoms with van der Waals surface area (Å²) < 4.78 is 5.21. The Morgan fingerprint density at radius 2 is 2.11 bits per heavy atom. The highest BCUT2D eigenvalue weighted by Crippen LogP contribution is 2.13. The van der Waals surface area contributed by atoms with E-state index < -0.39 is 11.7 Å². The Balaban J connectivity index is 2.78. The standard InChI is InChI=1S/C13H17N3O3/c1-13(2,3)19-12(18)16(4)11-9-14-10(8-15-11)6-5-7-17/h8-9,17H,7H2,1-4H3. The Labute approximate surface area is 112 Å². The second-order valence-corrected chi connectivity index (χ2v) is 4.76. The van der Waals surface area contributed by atoms with Crippen molar-refractivity contribution in [3.8, 4) is 11.8 Å². The molecule has 6 heteroatoms. The largest absolute Gasteiger partial charge is 0.443 e. The number of anilines is 1. The average molecular weight is 263 g/mol. The maximum absolute atomic E-state index is 11.8. The van der Waals surface area contributed by atoms with Gasteiger partial charge in [0.25, 0.3) is 0 Å². The van der Waals surface area contributed by atoms with Gasteiger partial charge < -0.3 is 9.84 Å². The molecule has 0 atom stereocenters. The lowest BCUT2D eigenvalue weighted by Crippen LogP contribution is -2.34. The van der Waals surface area contributed by atoms with E-state index in [4.69, 9.17) is 9.84 Å². The summed E-state index contributed by atoms with van der Waals surface area (Å²) in [4.78, 5) is 21.1. The normalized spacial score (nSPS) is 10.4. The molecule has 1 aromatic heterocycles. The third kappa shape index (κ3) is 4.94. The fourth-order valence-electron chi connectivity index (χ4n) is 1.11. The minimum Gasteiger partial charge on any atom is -0.443 e. The van der Waals surface area contributed by atoms with Gasteiger partial charge >= 0.3 is 6.09 Å². The van der Waals surface area contributed by atoms with Gasteiger partial charge in [-0.3, -0.25) is 4.90 Å². The Morgan fingerprint density at radius 3 is 2.58 bits per heavy atom. The summed E-state index contributed by atoms with van der Waals surface area (Å²) in [5, 5.41) is 8.56. The second kappa shape index (κ2) is 6.16. The molecule has 0 spiro atoms. The molecule has 0 bridgehead atoms. The van der Waals surface area contributed by atoms with Crippen molar-refractivity contribution < 1.29 is 14.6 Å². The van der Waals surface area contributed by atoms with Gasteiger partial charge in [-0.05, 0) is 26.7 Å². The molecular weight excluding hydrogens is 246 g/mol. The summed E-state index contributed by atoms with van der Waals surface area (Å²) in [6, 6.07) is 0. The number of carbonyl (C=O) groups excluding carboxylic acids is 1. The fourth-order valence-corrected chi connectivity index (χ4v) is 1.11. The van der Waals surface area contributed by atoms with Crippen LogP contribution in [0.2, 0.25) is 0 Å². The van der Waals surface area contributed by atoms with E-state index in [2.05, 4.69) is 21.8 Å². The van der Waals surface area contributed by atoms with E-state index >= 15 is 0 Å². The van der Waals surface area contributed by atoms with Crippen LogP contribution >= 0.6 is 0 Å². The topological polar surface area (TPSA) is 75.6 Å². The van der Waals surface area contributed by atoms with Gasteiger partial charge in [0.05, 0.1) is 12.4 Å². The van der Waals surface area contributed by atoms with E-state index in [1.54, 1.807) is 27.8 Å². The minimum atomic E-state index is -0.564. The molecule has 0 aliphatic heterocycles. The van der Waals surface area contributed by atoms with Crippen LogP contribution in [0.5, 0.6) is 0 Å². The number of hydrogen-bond acceptors (Lipinski definition) is 5. The fraction of sp³-hybridized carbons (Fsp3) is 0.462. The van der Waals surface area contributed by atoms with Crippen molar-refractivity contribution in [2.45, 2.75) is 26.4 Å². The maximum Gasteiger partial charge on any atom is 0.415 e. The molecule has 0 fully saturated rings. The molecule has 0 radical (unpaired) electrons. The van der Waals surface area contributed by atoms with Crippen LogP contribution in [0.1, 0.15) is 26.5 Å². The molecule has 102 valence electrons. The van der Waals surface area contributed by atoms with Crippen molar-refractivity contribution in [3.05, 3.63) is 18.1 Å². The van der Waals surface area contributed by atoms with Crippen LogP contribution in [0.15, 0.2) is 12.4 Å². The molecule has 6 nitrogen and oxygen atoms in total. The number of aliphatic hydroxyl groups excluding tert-OH is 1. The summed E-state index contributed by atoms with van der Waals surface area (Å²) in [6.45, 7) is 5.13. The minimum absolute atomic E-state index is 0.235. The molecule has 1 aromatic rings. The molecule has 0 saturated carbocycles. The Kier molecular flexibility index (Phi) is 4.84. The first-order valence-electron chi connectivity index (χ1n) is 5.72. The van der Waals surface area contributed by atoms with Crippen LogP contribution in [-0.4, -0.2) is 40.4 Å². The van der Waals surface area contributed by atoms with Crippen molar-refractivity contribution in [2.75, 3.05) is 18.6 Å². The summed E-state index contributed by atoms with van der Waals surface area (Å²) >= 11 is 0. The lowest BCUT2D eigenvalue weighted by molar-refractivity contribution is 0.0588. The van der Waals surface area contributed by atoms with Crippen LogP contribution < -0.4 is 4.90 Å². The van der Waals surface area contributed by atoms with Crippen molar-refractivity contribution in [2.24, 2.45) is 0 Å². The predicted octanol–water partition coefficient (Wildman–Crippen LogP) is 1.19. The summed E-state index contributed by atoms with van der Waals surface area (Å²) in [7, 11) is 1.55. The monoisotopic (exact) mass is 263 g/mol.